The van der Waals surface area contributed by atoms with Gasteiger partial charge in [0.2, 0.25) is 70.9 Å². The molecule has 2 saturated heterocycles. The van der Waals surface area contributed by atoms with Crippen LogP contribution in [-0.4, -0.2) is 212 Å². The summed E-state index contributed by atoms with van der Waals surface area (Å²) < 4.78 is 0. The average molecular weight is 1390 g/mol. The number of nitrogens with two attached hydrogens (primary N) is 4. The van der Waals surface area contributed by atoms with Gasteiger partial charge in [0.25, 0.3) is 0 Å². The molecule has 2 aliphatic heterocycles. The van der Waals surface area contributed by atoms with E-state index in [0.29, 0.717) is 42.7 Å². The number of aliphatic hydroxyl groups is 1. The fourth-order valence-electron chi connectivity index (χ4n) is 11.4. The first kappa shape index (κ1) is 79.5. The molecule has 3 aromatic rings. The van der Waals surface area contributed by atoms with E-state index in [1.807, 2.05) is 34.0 Å². The number of nitrogens with one attached hydrogen (secondary N) is 10. The summed E-state index contributed by atoms with van der Waals surface area (Å²) in [6.07, 6.45) is 6.85. The molecule has 19 N–H and O–H groups in total. The molecule has 1 aromatic heterocycles. The Morgan fingerprint density at radius 3 is 1.54 bits per heavy atom. The van der Waals surface area contributed by atoms with Gasteiger partial charge < -0.3 is 90.7 Å². The molecule has 2 aliphatic rings. The third-order valence-corrected chi connectivity index (χ3v) is 17.3. The minimum Gasteiger partial charge on any atom is -0.394 e. The molecule has 2 fully saturated rings. The Labute approximate surface area is 575 Å². The first-order chi connectivity index (χ1) is 46.6. The second-order valence-corrected chi connectivity index (χ2v) is 26.6. The van der Waals surface area contributed by atoms with Crippen molar-refractivity contribution in [3.8, 4) is 0 Å². The minimum atomic E-state index is -1.67. The molecule has 0 aliphatic carbocycles. The van der Waals surface area contributed by atoms with Crippen LogP contribution < -0.4 is 70.8 Å². The summed E-state index contributed by atoms with van der Waals surface area (Å²) in [6, 6.07) is 2.73. The van der Waals surface area contributed by atoms with Gasteiger partial charge in [-0.05, 0) is 107 Å². The highest BCUT2D eigenvalue weighted by molar-refractivity contribution is 7.98. The first-order valence-corrected chi connectivity index (χ1v) is 34.6. The number of H-pyrrole nitrogens is 1. The van der Waals surface area contributed by atoms with Gasteiger partial charge in [0, 0.05) is 50.8 Å². The zero-order valence-electron chi connectivity index (χ0n) is 56.9. The molecule has 12 amide bonds. The number of rotatable bonds is 39. The zero-order chi connectivity index (χ0) is 72.2. The lowest BCUT2D eigenvalue weighted by molar-refractivity contribution is -0.143. The number of primary amides is 1. The molecule has 3 heterocycles. The van der Waals surface area contributed by atoms with E-state index in [4.69, 9.17) is 22.9 Å². The maximum Gasteiger partial charge on any atom is 0.245 e. The van der Waals surface area contributed by atoms with Gasteiger partial charge >= 0.3 is 0 Å². The van der Waals surface area contributed by atoms with Crippen LogP contribution in [-0.2, 0) is 76.8 Å². The van der Waals surface area contributed by atoms with Crippen molar-refractivity contribution >= 4 is 88.6 Å². The SMILES string of the molecule is CSCC[C@H](N)C(=O)N1CCC[C@H]1C(=O)N[C@@H](Cc1cnc[nH]1)C(=O)N[C@@H](CO)C(=O)N[C@@H](Cc1ccccc1)C(=O)N[C@@H](C)C(=O)N[C@@H](C)C(=O)N[C@@H](CC(C)C)C(=O)N1CCC[C@H]1C(=O)N[C@@H](CC(C)C)C(=O)N[C@@H](CCCN=C(N)N)C(=O)N[C@@H](Cc1ccccc1)C(N)=O. The number of benzene rings is 2. The molecule has 538 valence electrons. The van der Waals surface area contributed by atoms with Crippen molar-refractivity contribution in [3.63, 3.8) is 0 Å². The van der Waals surface area contributed by atoms with E-state index in [0.717, 1.165) is 5.56 Å². The molecule has 31 nitrogen and oxygen atoms in total. The number of nitrogens with zero attached hydrogens (tertiary/aromatic N) is 4. The number of aliphatic hydroxyl groups excluding tert-OH is 1. The van der Waals surface area contributed by atoms with E-state index < -0.39 is 150 Å². The molecule has 98 heavy (non-hydrogen) atoms. The van der Waals surface area contributed by atoms with Crippen LogP contribution in [0.3, 0.4) is 0 Å². The first-order valence-electron chi connectivity index (χ1n) is 33.2. The summed E-state index contributed by atoms with van der Waals surface area (Å²) in [6.45, 7) is 9.60. The van der Waals surface area contributed by atoms with Crippen LogP contribution >= 0.6 is 11.8 Å². The Balaban J connectivity index is 1.23. The molecule has 0 spiro atoms. The van der Waals surface area contributed by atoms with Crippen LogP contribution in [0.25, 0.3) is 0 Å². The van der Waals surface area contributed by atoms with Crippen LogP contribution in [0.1, 0.15) is 116 Å². The van der Waals surface area contributed by atoms with Crippen molar-refractivity contribution in [2.45, 2.75) is 191 Å². The number of imidazole rings is 1. The topological polar surface area (TPSA) is 485 Å². The van der Waals surface area contributed by atoms with E-state index in [-0.39, 0.29) is 88.8 Å². The number of aromatic nitrogens is 2. The maximum atomic E-state index is 14.6. The van der Waals surface area contributed by atoms with Crippen molar-refractivity contribution in [2.75, 3.05) is 38.2 Å². The quantitative estimate of drug-likeness (QED) is 0.0160. The van der Waals surface area contributed by atoms with Crippen molar-refractivity contribution in [1.82, 2.24) is 67.6 Å². The largest absolute Gasteiger partial charge is 0.394 e. The number of hydrogen-bond donors (Lipinski definition) is 15. The molecule has 0 bridgehead atoms. The Kier molecular flexibility index (Phi) is 32.4. The van der Waals surface area contributed by atoms with Gasteiger partial charge in [-0.25, -0.2) is 4.98 Å². The smallest absolute Gasteiger partial charge is 0.245 e. The fourth-order valence-corrected chi connectivity index (χ4v) is 11.9. The number of hydrogen-bond acceptors (Lipinski definition) is 17. The Hall–Kier alpha value is -9.17. The molecular formula is C66H100N18O13S. The predicted octanol–water partition coefficient (Wildman–Crippen LogP) is -2.47. The van der Waals surface area contributed by atoms with Gasteiger partial charge in [0.1, 0.15) is 66.5 Å². The summed E-state index contributed by atoms with van der Waals surface area (Å²) in [5.74, 6) is -8.72. The van der Waals surface area contributed by atoms with Crippen LogP contribution in [0.5, 0.6) is 0 Å². The monoisotopic (exact) mass is 1380 g/mol. The third-order valence-electron chi connectivity index (χ3n) is 16.7. The summed E-state index contributed by atoms with van der Waals surface area (Å²) in [5.41, 5.74) is 24.7. The third kappa shape index (κ3) is 25.4. The van der Waals surface area contributed by atoms with E-state index in [1.54, 1.807) is 60.7 Å². The summed E-state index contributed by atoms with van der Waals surface area (Å²) in [4.78, 5) is 181. The van der Waals surface area contributed by atoms with Gasteiger partial charge in [-0.3, -0.25) is 62.5 Å². The number of aliphatic imine (C=N–C) groups is 1. The number of carbonyl (C=O) groups excluding carboxylic acids is 12. The average Bonchev–Trinajstić information content (AvgIpc) is 1.61. The molecule has 12 atom stereocenters. The Bertz CT molecular complexity index is 3200. The molecule has 0 radical (unpaired) electrons. The lowest BCUT2D eigenvalue weighted by Crippen LogP contribution is -2.61. The zero-order valence-corrected chi connectivity index (χ0v) is 57.7. The number of amides is 12. The van der Waals surface area contributed by atoms with Gasteiger partial charge in [-0.2, -0.15) is 11.8 Å². The molecule has 0 unspecified atom stereocenters. The van der Waals surface area contributed by atoms with Crippen molar-refractivity contribution in [1.29, 1.82) is 0 Å². The normalized spacial score (nSPS) is 17.4. The van der Waals surface area contributed by atoms with Gasteiger partial charge in [-0.1, -0.05) is 88.4 Å². The lowest BCUT2D eigenvalue weighted by atomic mass is 10.00. The van der Waals surface area contributed by atoms with Crippen LogP contribution in [0, 0.1) is 11.8 Å². The van der Waals surface area contributed by atoms with Crippen LogP contribution in [0.2, 0.25) is 0 Å². The molecule has 2 aromatic carbocycles. The van der Waals surface area contributed by atoms with Gasteiger partial charge in [0.15, 0.2) is 5.96 Å². The minimum absolute atomic E-state index is 0.0274. The van der Waals surface area contributed by atoms with E-state index >= 15 is 0 Å². The van der Waals surface area contributed by atoms with Crippen LogP contribution in [0.4, 0.5) is 0 Å². The summed E-state index contributed by atoms with van der Waals surface area (Å²) in [5, 5.41) is 34.4. The Morgan fingerprint density at radius 1 is 0.561 bits per heavy atom. The van der Waals surface area contributed by atoms with E-state index in [2.05, 4.69) is 62.8 Å². The van der Waals surface area contributed by atoms with E-state index in [9.17, 15) is 62.6 Å². The highest BCUT2D eigenvalue weighted by atomic mass is 32.2. The Morgan fingerprint density at radius 2 is 1.01 bits per heavy atom. The predicted molar refractivity (Wildman–Crippen MR) is 367 cm³/mol. The van der Waals surface area contributed by atoms with Crippen molar-refractivity contribution in [3.05, 3.63) is 90.0 Å². The van der Waals surface area contributed by atoms with Gasteiger partial charge in [0.05, 0.1) is 19.0 Å². The number of guanidine groups is 1. The highest BCUT2D eigenvalue weighted by Crippen LogP contribution is 2.23. The van der Waals surface area contributed by atoms with E-state index in [1.165, 1.54) is 47.9 Å². The highest BCUT2D eigenvalue weighted by Gasteiger charge is 2.42. The number of aromatic amines is 1. The summed E-state index contributed by atoms with van der Waals surface area (Å²) >= 11 is 1.53. The maximum absolute atomic E-state index is 14.6. The van der Waals surface area contributed by atoms with Crippen molar-refractivity contribution in [2.24, 2.45) is 39.8 Å². The molecule has 32 heteroatoms. The lowest BCUT2D eigenvalue weighted by Gasteiger charge is -2.31. The second kappa shape index (κ2) is 39.9. The summed E-state index contributed by atoms with van der Waals surface area (Å²) in [7, 11) is 0. The fraction of sp³-hybridized carbons (Fsp3) is 0.576. The number of likely N-dealkylation sites (tertiary alicyclic amines) is 2. The van der Waals surface area contributed by atoms with Gasteiger partial charge in [-0.15, -0.1) is 0 Å². The van der Waals surface area contributed by atoms with Crippen molar-refractivity contribution < 1.29 is 62.6 Å². The molecular weight excluding hydrogens is 1280 g/mol. The number of carbonyl (C=O) groups is 12. The van der Waals surface area contributed by atoms with Crippen LogP contribution in [0.15, 0.2) is 78.2 Å². The molecule has 0 saturated carbocycles. The number of thioether (sulfide) groups is 1. The second-order valence-electron chi connectivity index (χ2n) is 25.6. The molecule has 5 rings (SSSR count). The standard InChI is InChI=1S/C66H100N18O13S/c1-37(2)29-47(59(91)76-45(21-14-25-72-66(69)70)57(89)77-46(54(68)86)31-41-17-10-8-11-18-41)79-63(95)53-23-16-27-84(53)65(97)50(30-38(3)4)81-56(88)40(6)74-55(87)39(5)75-58(90)48(32-42-19-12-9-13-20-42)78-61(93)51(35-85)82-60(92)49(33-43-34-71-36-73-43)80-62(94)52-22-15-26-83(52)64(96)44(67)24-28-98-7/h8-13,17-20,34,36-40,44-53,85H,14-16,21-33,35,67H2,1-7H3,(H2,68,86)(H,71,73)(H,74,87)(H,75,90)(H,76,91)(H,77,89)(H,78,93)(H,79,95)(H,80,94)(H,81,88)(H,82,92)(H4,69,70,72)/t39-,40-,44-,45-,46-,47-,48-,49-,50-,51-,52-,53-/m0/s1.